The molecule has 0 spiro atoms. The van der Waals surface area contributed by atoms with Gasteiger partial charge in [0.15, 0.2) is 0 Å². The molecule has 2 aliphatic carbocycles. The first-order chi connectivity index (χ1) is 10.1. The molecule has 4 heteroatoms. The average Bonchev–Trinajstić information content (AvgIpc) is 2.45. The first kappa shape index (κ1) is 16.1. The average molecular weight is 290 g/mol. The molecule has 2 unspecified atom stereocenters. The molecule has 0 aliphatic heterocycles. The summed E-state index contributed by atoms with van der Waals surface area (Å²) in [5.41, 5.74) is 0. The van der Waals surface area contributed by atoms with Crippen LogP contribution in [0.25, 0.3) is 0 Å². The van der Waals surface area contributed by atoms with Gasteiger partial charge in [0.05, 0.1) is 12.1 Å². The number of carbonyl (C=O) groups excluding carboxylic acids is 2. The van der Waals surface area contributed by atoms with Crippen LogP contribution in [0, 0.1) is 23.7 Å². The first-order valence-electron chi connectivity index (χ1n) is 8.28. The number of aliphatic imine (C=N–C) groups is 2. The van der Waals surface area contributed by atoms with E-state index < -0.39 is 0 Å². The second-order valence-electron chi connectivity index (χ2n) is 7.13. The summed E-state index contributed by atoms with van der Waals surface area (Å²) in [7, 11) is 0. The van der Waals surface area contributed by atoms with E-state index in [1.165, 1.54) is 32.1 Å². The molecule has 2 rings (SSSR count). The normalized spacial score (nSPS) is 39.9. The standard InChI is InChI=1S/C17H26N2O2/c1-12-7-15(8-13(2)17(12)19-11-21)9-14-3-5-16(6-4-14)18-10-20/h12-17H,3-9H2,1-2H3. The van der Waals surface area contributed by atoms with Crippen molar-refractivity contribution < 1.29 is 9.59 Å². The van der Waals surface area contributed by atoms with Gasteiger partial charge in [0, 0.05) is 0 Å². The van der Waals surface area contributed by atoms with Crippen molar-refractivity contribution in [3.8, 4) is 0 Å². The number of hydrogen-bond donors (Lipinski definition) is 0. The number of hydrogen-bond acceptors (Lipinski definition) is 4. The van der Waals surface area contributed by atoms with E-state index in [-0.39, 0.29) is 12.1 Å². The molecule has 2 aliphatic rings. The molecule has 0 amide bonds. The lowest BCUT2D eigenvalue weighted by atomic mass is 9.69. The maximum atomic E-state index is 10.5. The van der Waals surface area contributed by atoms with Crippen molar-refractivity contribution in [2.75, 3.05) is 0 Å². The number of isocyanates is 2. The molecule has 4 nitrogen and oxygen atoms in total. The molecule has 116 valence electrons. The lowest BCUT2D eigenvalue weighted by Gasteiger charge is -2.38. The number of nitrogens with zero attached hydrogens (tertiary/aromatic N) is 2. The molecule has 0 aromatic heterocycles. The van der Waals surface area contributed by atoms with Crippen LogP contribution < -0.4 is 0 Å². The van der Waals surface area contributed by atoms with E-state index in [4.69, 9.17) is 0 Å². The van der Waals surface area contributed by atoms with Gasteiger partial charge < -0.3 is 0 Å². The maximum absolute atomic E-state index is 10.5. The van der Waals surface area contributed by atoms with E-state index in [0.29, 0.717) is 11.8 Å². The zero-order chi connectivity index (χ0) is 15.2. The second-order valence-corrected chi connectivity index (χ2v) is 7.13. The summed E-state index contributed by atoms with van der Waals surface area (Å²) in [4.78, 5) is 28.7. The zero-order valence-corrected chi connectivity index (χ0v) is 13.1. The molecule has 0 aromatic rings. The molecule has 21 heavy (non-hydrogen) atoms. The Labute approximate surface area is 127 Å². The molecule has 0 bridgehead atoms. The van der Waals surface area contributed by atoms with Gasteiger partial charge in [-0.15, -0.1) is 0 Å². The Morgan fingerprint density at radius 3 is 1.95 bits per heavy atom. The summed E-state index contributed by atoms with van der Waals surface area (Å²) in [6.45, 7) is 4.42. The van der Waals surface area contributed by atoms with Crippen LogP contribution >= 0.6 is 0 Å². The van der Waals surface area contributed by atoms with Crippen LogP contribution in [0.15, 0.2) is 9.98 Å². The summed E-state index contributed by atoms with van der Waals surface area (Å²) in [6, 6.07) is 0.380. The van der Waals surface area contributed by atoms with Crippen LogP contribution in [0.1, 0.15) is 58.8 Å². The van der Waals surface area contributed by atoms with Crippen LogP contribution in [-0.4, -0.2) is 24.2 Å². The highest BCUT2D eigenvalue weighted by Gasteiger charge is 2.34. The van der Waals surface area contributed by atoms with Gasteiger partial charge in [-0.1, -0.05) is 13.8 Å². The summed E-state index contributed by atoms with van der Waals surface area (Å²) >= 11 is 0. The van der Waals surface area contributed by atoms with Crippen LogP contribution in [0.5, 0.6) is 0 Å². The Kier molecular flexibility index (Phi) is 5.90. The fourth-order valence-electron chi connectivity index (χ4n) is 4.55. The highest BCUT2D eigenvalue weighted by molar-refractivity contribution is 5.34. The van der Waals surface area contributed by atoms with E-state index >= 15 is 0 Å². The minimum absolute atomic E-state index is 0.163. The fourth-order valence-corrected chi connectivity index (χ4v) is 4.55. The molecular weight excluding hydrogens is 264 g/mol. The summed E-state index contributed by atoms with van der Waals surface area (Å²) in [5.74, 6) is 2.50. The van der Waals surface area contributed by atoms with Crippen molar-refractivity contribution in [1.82, 2.24) is 0 Å². The molecule has 0 heterocycles. The van der Waals surface area contributed by atoms with Crippen molar-refractivity contribution in [2.24, 2.45) is 33.7 Å². The molecule has 0 saturated heterocycles. The topological polar surface area (TPSA) is 58.9 Å². The van der Waals surface area contributed by atoms with Gasteiger partial charge in [-0.05, 0) is 68.6 Å². The molecule has 2 saturated carbocycles. The molecule has 2 fully saturated rings. The largest absolute Gasteiger partial charge is 0.235 e. The van der Waals surface area contributed by atoms with E-state index in [1.54, 1.807) is 12.2 Å². The monoisotopic (exact) mass is 290 g/mol. The van der Waals surface area contributed by atoms with Crippen LogP contribution in [0.4, 0.5) is 0 Å². The summed E-state index contributed by atoms with van der Waals surface area (Å²) < 4.78 is 0. The van der Waals surface area contributed by atoms with Gasteiger partial charge in [-0.3, -0.25) is 0 Å². The van der Waals surface area contributed by atoms with Crippen molar-refractivity contribution in [3.05, 3.63) is 0 Å². The smallest absolute Gasteiger partial charge is 0.211 e. The van der Waals surface area contributed by atoms with Crippen molar-refractivity contribution in [2.45, 2.75) is 70.9 Å². The van der Waals surface area contributed by atoms with Gasteiger partial charge >= 0.3 is 0 Å². The van der Waals surface area contributed by atoms with Gasteiger partial charge in [-0.2, -0.15) is 0 Å². The molecule has 0 aromatic carbocycles. The predicted molar refractivity (Wildman–Crippen MR) is 81.4 cm³/mol. The van der Waals surface area contributed by atoms with Crippen LogP contribution in [0.3, 0.4) is 0 Å². The van der Waals surface area contributed by atoms with Crippen molar-refractivity contribution in [3.63, 3.8) is 0 Å². The predicted octanol–water partition coefficient (Wildman–Crippen LogP) is 3.66. The first-order valence-corrected chi connectivity index (χ1v) is 8.28. The van der Waals surface area contributed by atoms with Gasteiger partial charge in [0.1, 0.15) is 0 Å². The third-order valence-corrected chi connectivity index (χ3v) is 5.50. The Balaban J connectivity index is 1.82. The van der Waals surface area contributed by atoms with Gasteiger partial charge in [0.2, 0.25) is 12.2 Å². The fraction of sp³-hybridized carbons (Fsp3) is 0.882. The van der Waals surface area contributed by atoms with E-state index in [1.807, 2.05) is 0 Å². The van der Waals surface area contributed by atoms with Crippen LogP contribution in [0.2, 0.25) is 0 Å². The Morgan fingerprint density at radius 2 is 1.43 bits per heavy atom. The highest BCUT2D eigenvalue weighted by Crippen LogP contribution is 2.40. The minimum atomic E-state index is 0.163. The summed E-state index contributed by atoms with van der Waals surface area (Å²) in [5, 5.41) is 0. The SMILES string of the molecule is CC1CC(CC2CCC(N=C=O)CC2)CC(C)C1N=C=O. The quantitative estimate of drug-likeness (QED) is 0.586. The second kappa shape index (κ2) is 7.68. The van der Waals surface area contributed by atoms with E-state index in [0.717, 1.165) is 24.7 Å². The van der Waals surface area contributed by atoms with Gasteiger partial charge in [0.25, 0.3) is 0 Å². The minimum Gasteiger partial charge on any atom is -0.211 e. The lowest BCUT2D eigenvalue weighted by Crippen LogP contribution is -2.34. The van der Waals surface area contributed by atoms with Gasteiger partial charge in [-0.25, -0.2) is 19.6 Å². The molecule has 0 radical (unpaired) electrons. The summed E-state index contributed by atoms with van der Waals surface area (Å²) in [6.07, 6.45) is 11.5. The zero-order valence-electron chi connectivity index (χ0n) is 13.1. The molecule has 0 N–H and O–H groups in total. The van der Waals surface area contributed by atoms with Crippen molar-refractivity contribution in [1.29, 1.82) is 0 Å². The van der Waals surface area contributed by atoms with E-state index in [2.05, 4.69) is 23.8 Å². The maximum Gasteiger partial charge on any atom is 0.235 e. The Morgan fingerprint density at radius 1 is 0.857 bits per heavy atom. The Bertz CT molecular complexity index is 418. The van der Waals surface area contributed by atoms with E-state index in [9.17, 15) is 9.59 Å². The molecular formula is C17H26N2O2. The third-order valence-electron chi connectivity index (χ3n) is 5.50. The van der Waals surface area contributed by atoms with Crippen molar-refractivity contribution >= 4 is 12.2 Å². The highest BCUT2D eigenvalue weighted by atomic mass is 16.1. The third kappa shape index (κ3) is 4.36. The molecule has 2 atom stereocenters. The van der Waals surface area contributed by atoms with Crippen LogP contribution in [-0.2, 0) is 9.59 Å². The number of rotatable bonds is 4. The lowest BCUT2D eigenvalue weighted by molar-refractivity contribution is 0.149. The Hall–Kier alpha value is -1.24.